The van der Waals surface area contributed by atoms with Gasteiger partial charge in [0.05, 0.1) is 17.4 Å². The lowest BCUT2D eigenvalue weighted by atomic mass is 10.2. The highest BCUT2D eigenvalue weighted by molar-refractivity contribution is 5.53. The molecule has 2 aromatic rings. The maximum Gasteiger partial charge on any atom is 0.0889 e. The molecular weight excluding hydrogens is 214 g/mol. The molecule has 0 N–H and O–H groups in total. The third-order valence-electron chi connectivity index (χ3n) is 2.35. The molecule has 0 aliphatic carbocycles. The van der Waals surface area contributed by atoms with Gasteiger partial charge in [-0.15, -0.1) is 0 Å². The van der Waals surface area contributed by atoms with Gasteiger partial charge in [-0.2, -0.15) is 0 Å². The van der Waals surface area contributed by atoms with Crippen molar-refractivity contribution in [3.05, 3.63) is 58.7 Å². The Labute approximate surface area is 98.8 Å². The molecule has 0 unspecified atom stereocenters. The fourth-order valence-electron chi connectivity index (χ4n) is 1.48. The summed E-state index contributed by atoms with van der Waals surface area (Å²) in [4.78, 5) is 11.4. The summed E-state index contributed by atoms with van der Waals surface area (Å²) in [7, 11) is 0. The first kappa shape index (κ1) is 11.1. The minimum absolute atomic E-state index is 0.274. The molecule has 0 saturated carbocycles. The van der Waals surface area contributed by atoms with Crippen molar-refractivity contribution in [1.82, 2.24) is 9.97 Å². The zero-order valence-corrected chi connectivity index (χ0v) is 9.35. The second-order valence-electron chi connectivity index (χ2n) is 3.54. The summed E-state index contributed by atoms with van der Waals surface area (Å²) in [5.41, 5.74) is 10.7. The first-order valence-electron chi connectivity index (χ1n) is 5.24. The molecule has 0 aromatic carbocycles. The summed E-state index contributed by atoms with van der Waals surface area (Å²) >= 11 is 0. The Hall–Kier alpha value is -2.39. The van der Waals surface area contributed by atoms with Crippen molar-refractivity contribution in [3.8, 4) is 11.4 Å². The number of aromatic nitrogens is 2. The fraction of sp³-hybridized carbons (Fsp3) is 0.167. The van der Waals surface area contributed by atoms with E-state index >= 15 is 0 Å². The summed E-state index contributed by atoms with van der Waals surface area (Å²) in [6.07, 6.45) is 1.72. The second kappa shape index (κ2) is 5.09. The van der Waals surface area contributed by atoms with Crippen LogP contribution in [0.15, 0.2) is 47.7 Å². The maximum absolute atomic E-state index is 8.40. The molecule has 5 nitrogen and oxygen atoms in total. The molecule has 0 fully saturated rings. The van der Waals surface area contributed by atoms with Crippen LogP contribution in [0.25, 0.3) is 21.8 Å². The van der Waals surface area contributed by atoms with E-state index in [2.05, 4.69) is 20.0 Å². The molecule has 0 saturated heterocycles. The molecular formula is C12H11N5. The quantitative estimate of drug-likeness (QED) is 0.455. The van der Waals surface area contributed by atoms with Crippen LogP contribution in [0, 0.1) is 0 Å². The molecule has 2 aromatic heterocycles. The van der Waals surface area contributed by atoms with E-state index in [-0.39, 0.29) is 6.04 Å². The fourth-order valence-corrected chi connectivity index (χ4v) is 1.48. The molecule has 2 rings (SSSR count). The average Bonchev–Trinajstić information content (AvgIpc) is 2.40. The number of nitrogens with zero attached hydrogens (tertiary/aromatic N) is 5. The highest BCUT2D eigenvalue weighted by Crippen LogP contribution is 2.19. The number of pyridine rings is 2. The SMILES string of the molecule is C[C@@H](N=[N+]=[N-])c1cccc(-c2ccccn2)n1. The smallest absolute Gasteiger partial charge is 0.0889 e. The normalized spacial score (nSPS) is 11.6. The van der Waals surface area contributed by atoms with E-state index in [1.54, 1.807) is 6.20 Å². The van der Waals surface area contributed by atoms with Crippen molar-refractivity contribution in [2.75, 3.05) is 0 Å². The Morgan fingerprint density at radius 3 is 2.71 bits per heavy atom. The molecule has 0 amide bonds. The summed E-state index contributed by atoms with van der Waals surface area (Å²) in [6, 6.07) is 11.0. The Balaban J connectivity index is 2.38. The van der Waals surface area contributed by atoms with Gasteiger partial charge in [-0.1, -0.05) is 24.2 Å². The molecule has 17 heavy (non-hydrogen) atoms. The number of azide groups is 1. The summed E-state index contributed by atoms with van der Waals surface area (Å²) < 4.78 is 0. The molecule has 5 heteroatoms. The van der Waals surface area contributed by atoms with Crippen molar-refractivity contribution >= 4 is 0 Å². The van der Waals surface area contributed by atoms with Gasteiger partial charge in [0.15, 0.2) is 0 Å². The Bertz CT molecular complexity index is 546. The predicted molar refractivity (Wildman–Crippen MR) is 65.0 cm³/mol. The molecule has 0 radical (unpaired) electrons. The van der Waals surface area contributed by atoms with Crippen LogP contribution in [0.5, 0.6) is 0 Å². The minimum atomic E-state index is -0.274. The first-order chi connectivity index (χ1) is 8.31. The van der Waals surface area contributed by atoms with Crippen LogP contribution in [0.1, 0.15) is 18.7 Å². The lowest BCUT2D eigenvalue weighted by Crippen LogP contribution is -1.95. The van der Waals surface area contributed by atoms with E-state index in [4.69, 9.17) is 5.53 Å². The molecule has 0 aliphatic rings. The largest absolute Gasteiger partial charge is 0.255 e. The highest BCUT2D eigenvalue weighted by Gasteiger charge is 2.06. The molecule has 1 atom stereocenters. The van der Waals surface area contributed by atoms with Crippen LogP contribution in [0.4, 0.5) is 0 Å². The van der Waals surface area contributed by atoms with Gasteiger partial charge in [0, 0.05) is 16.8 Å². The standard InChI is InChI=1S/C12H11N5/c1-9(16-17-13)10-6-4-7-12(15-10)11-5-2-3-8-14-11/h2-9H,1H3/t9-/m1/s1. The minimum Gasteiger partial charge on any atom is -0.255 e. The predicted octanol–water partition coefficient (Wildman–Crippen LogP) is 3.51. The van der Waals surface area contributed by atoms with E-state index in [1.165, 1.54) is 0 Å². The van der Waals surface area contributed by atoms with Gasteiger partial charge >= 0.3 is 0 Å². The Kier molecular flexibility index (Phi) is 3.33. The lowest BCUT2D eigenvalue weighted by Gasteiger charge is -2.06. The van der Waals surface area contributed by atoms with Gasteiger partial charge in [-0.25, -0.2) is 0 Å². The van der Waals surface area contributed by atoms with E-state index in [0.29, 0.717) is 0 Å². The lowest BCUT2D eigenvalue weighted by molar-refractivity contribution is 0.773. The number of hydrogen-bond acceptors (Lipinski definition) is 3. The van der Waals surface area contributed by atoms with E-state index < -0.39 is 0 Å². The first-order valence-corrected chi connectivity index (χ1v) is 5.24. The van der Waals surface area contributed by atoms with E-state index in [0.717, 1.165) is 17.1 Å². The highest BCUT2D eigenvalue weighted by atomic mass is 15.1. The van der Waals surface area contributed by atoms with Gasteiger partial charge in [-0.05, 0) is 29.8 Å². The van der Waals surface area contributed by atoms with Crippen molar-refractivity contribution in [3.63, 3.8) is 0 Å². The summed E-state index contributed by atoms with van der Waals surface area (Å²) in [5, 5.41) is 3.63. The van der Waals surface area contributed by atoms with Crippen molar-refractivity contribution in [1.29, 1.82) is 0 Å². The van der Waals surface area contributed by atoms with Gasteiger partial charge in [0.1, 0.15) is 0 Å². The van der Waals surface area contributed by atoms with Crippen LogP contribution >= 0.6 is 0 Å². The van der Waals surface area contributed by atoms with Crippen molar-refractivity contribution < 1.29 is 0 Å². The van der Waals surface area contributed by atoms with Crippen molar-refractivity contribution in [2.45, 2.75) is 13.0 Å². The number of rotatable bonds is 3. The molecule has 0 aliphatic heterocycles. The molecule has 2 heterocycles. The molecule has 0 spiro atoms. The summed E-state index contributed by atoms with van der Waals surface area (Å²) in [6.45, 7) is 1.81. The third-order valence-corrected chi connectivity index (χ3v) is 2.35. The topological polar surface area (TPSA) is 74.5 Å². The van der Waals surface area contributed by atoms with Crippen LogP contribution in [-0.2, 0) is 0 Å². The Morgan fingerprint density at radius 2 is 2.00 bits per heavy atom. The van der Waals surface area contributed by atoms with Gasteiger partial charge < -0.3 is 0 Å². The van der Waals surface area contributed by atoms with Gasteiger partial charge in [0.2, 0.25) is 0 Å². The van der Waals surface area contributed by atoms with Crippen LogP contribution < -0.4 is 0 Å². The van der Waals surface area contributed by atoms with Crippen LogP contribution in [0.3, 0.4) is 0 Å². The van der Waals surface area contributed by atoms with Crippen LogP contribution in [0.2, 0.25) is 0 Å². The molecule has 0 bridgehead atoms. The van der Waals surface area contributed by atoms with Gasteiger partial charge in [-0.3, -0.25) is 9.97 Å². The van der Waals surface area contributed by atoms with E-state index in [9.17, 15) is 0 Å². The monoisotopic (exact) mass is 225 g/mol. The Morgan fingerprint density at radius 1 is 1.18 bits per heavy atom. The summed E-state index contributed by atoms with van der Waals surface area (Å²) in [5.74, 6) is 0. The second-order valence-corrected chi connectivity index (χ2v) is 3.54. The van der Waals surface area contributed by atoms with Gasteiger partial charge in [0.25, 0.3) is 0 Å². The molecule has 84 valence electrons. The average molecular weight is 225 g/mol. The van der Waals surface area contributed by atoms with E-state index in [1.807, 2.05) is 43.3 Å². The van der Waals surface area contributed by atoms with Crippen LogP contribution in [-0.4, -0.2) is 9.97 Å². The maximum atomic E-state index is 8.40. The zero-order valence-electron chi connectivity index (χ0n) is 9.35. The third kappa shape index (κ3) is 2.59. The van der Waals surface area contributed by atoms with Crippen molar-refractivity contribution in [2.24, 2.45) is 5.11 Å². The zero-order chi connectivity index (χ0) is 12.1. The number of hydrogen-bond donors (Lipinski definition) is 0.